The Morgan fingerprint density at radius 3 is 2.40 bits per heavy atom. The molecule has 0 aliphatic rings. The summed E-state index contributed by atoms with van der Waals surface area (Å²) in [5.41, 5.74) is 1.78. The highest BCUT2D eigenvalue weighted by Gasteiger charge is 2.26. The molecular weight excluding hydrogens is 267 g/mol. The van der Waals surface area contributed by atoms with Gasteiger partial charge < -0.3 is 10.0 Å². The van der Waals surface area contributed by atoms with Gasteiger partial charge in [-0.3, -0.25) is 0 Å². The average Bonchev–Trinajstić information content (AvgIpc) is 2.38. The van der Waals surface area contributed by atoms with Gasteiger partial charge in [0.2, 0.25) is 0 Å². The first-order chi connectivity index (χ1) is 9.40. The fraction of sp³-hybridized carbons (Fsp3) is 0.467. The lowest BCUT2D eigenvalue weighted by Gasteiger charge is -2.17. The molecule has 0 unspecified atom stereocenters. The highest BCUT2D eigenvalue weighted by molar-refractivity contribution is 5.36. The predicted octanol–water partition coefficient (Wildman–Crippen LogP) is 2.80. The first kappa shape index (κ1) is 16.5. The van der Waals surface area contributed by atoms with Crippen LogP contribution >= 0.6 is 0 Å². The van der Waals surface area contributed by atoms with Gasteiger partial charge in [-0.25, -0.2) is 0 Å². The predicted molar refractivity (Wildman–Crippen MR) is 72.0 cm³/mol. The van der Waals surface area contributed by atoms with Crippen molar-refractivity contribution in [2.75, 3.05) is 20.2 Å². The van der Waals surface area contributed by atoms with Crippen LogP contribution < -0.4 is 0 Å². The Morgan fingerprint density at radius 2 is 1.85 bits per heavy atom. The van der Waals surface area contributed by atoms with E-state index in [1.807, 2.05) is 24.3 Å². The summed E-state index contributed by atoms with van der Waals surface area (Å²) in [6.07, 6.45) is -4.48. The first-order valence-corrected chi connectivity index (χ1v) is 6.34. The zero-order valence-corrected chi connectivity index (χ0v) is 11.4. The Balaban J connectivity index is 2.47. The van der Waals surface area contributed by atoms with E-state index in [2.05, 4.69) is 11.8 Å². The van der Waals surface area contributed by atoms with Crippen molar-refractivity contribution in [3.05, 3.63) is 35.4 Å². The molecule has 2 nitrogen and oxygen atoms in total. The fourth-order valence-corrected chi connectivity index (χ4v) is 1.62. The summed E-state index contributed by atoms with van der Waals surface area (Å²) < 4.78 is 36.3. The zero-order chi connectivity index (χ0) is 15.0. The first-order valence-electron chi connectivity index (χ1n) is 6.34. The molecular formula is C15H18F3NO. The lowest BCUT2D eigenvalue weighted by atomic mass is 10.1. The average molecular weight is 285 g/mol. The molecule has 1 rings (SSSR count). The summed E-state index contributed by atoms with van der Waals surface area (Å²) in [6, 6.07) is 7.37. The highest BCUT2D eigenvalue weighted by atomic mass is 19.4. The Morgan fingerprint density at radius 1 is 1.20 bits per heavy atom. The molecule has 1 aromatic rings. The van der Waals surface area contributed by atoms with E-state index in [1.165, 1.54) is 0 Å². The second-order valence-corrected chi connectivity index (χ2v) is 4.58. The fourth-order valence-electron chi connectivity index (χ4n) is 1.62. The van der Waals surface area contributed by atoms with Gasteiger partial charge >= 0.3 is 6.18 Å². The molecule has 0 radical (unpaired) electrons. The Hall–Kier alpha value is -1.51. The van der Waals surface area contributed by atoms with Crippen LogP contribution in [0.5, 0.6) is 0 Å². The maximum Gasteiger partial charge on any atom is 0.390 e. The van der Waals surface area contributed by atoms with E-state index in [-0.39, 0.29) is 13.2 Å². The van der Waals surface area contributed by atoms with Crippen LogP contribution in [-0.2, 0) is 6.54 Å². The van der Waals surface area contributed by atoms with Crippen molar-refractivity contribution in [3.8, 4) is 11.8 Å². The van der Waals surface area contributed by atoms with Crippen molar-refractivity contribution in [1.82, 2.24) is 4.90 Å². The van der Waals surface area contributed by atoms with Crippen molar-refractivity contribution in [2.45, 2.75) is 25.6 Å². The number of aliphatic hydroxyl groups excluding tert-OH is 1. The number of benzene rings is 1. The number of rotatable bonds is 5. The number of aliphatic hydroxyl groups is 1. The second kappa shape index (κ2) is 7.93. The molecule has 0 aliphatic heterocycles. The van der Waals surface area contributed by atoms with E-state index in [4.69, 9.17) is 5.11 Å². The molecule has 0 fully saturated rings. The van der Waals surface area contributed by atoms with Crippen LogP contribution in [0.4, 0.5) is 13.2 Å². The van der Waals surface area contributed by atoms with Gasteiger partial charge in [-0.1, -0.05) is 24.0 Å². The monoisotopic (exact) mass is 285 g/mol. The summed E-state index contributed by atoms with van der Waals surface area (Å²) in [4.78, 5) is 1.64. The zero-order valence-electron chi connectivity index (χ0n) is 11.4. The van der Waals surface area contributed by atoms with Crippen molar-refractivity contribution in [2.24, 2.45) is 0 Å². The Bertz CT molecular complexity index is 457. The number of hydrogen-bond donors (Lipinski definition) is 1. The van der Waals surface area contributed by atoms with Crippen molar-refractivity contribution in [3.63, 3.8) is 0 Å². The normalized spacial score (nSPS) is 11.3. The molecule has 0 saturated heterocycles. The lowest BCUT2D eigenvalue weighted by Crippen LogP contribution is -2.24. The highest BCUT2D eigenvalue weighted by Crippen LogP contribution is 2.19. The van der Waals surface area contributed by atoms with Gasteiger partial charge in [0.1, 0.15) is 0 Å². The van der Waals surface area contributed by atoms with Crippen LogP contribution in [0.25, 0.3) is 0 Å². The van der Waals surface area contributed by atoms with E-state index in [1.54, 1.807) is 11.9 Å². The van der Waals surface area contributed by atoms with Gasteiger partial charge in [-0.05, 0) is 24.7 Å². The van der Waals surface area contributed by atoms with E-state index in [0.29, 0.717) is 13.0 Å². The summed E-state index contributed by atoms with van der Waals surface area (Å²) in [7, 11) is 1.67. The molecule has 1 aromatic carbocycles. The summed E-state index contributed by atoms with van der Waals surface area (Å²) in [6.45, 7) is 0.497. The van der Waals surface area contributed by atoms with Crippen LogP contribution in [0.1, 0.15) is 24.0 Å². The Labute approximate surface area is 117 Å². The van der Waals surface area contributed by atoms with Gasteiger partial charge in [0.15, 0.2) is 0 Å². The molecule has 0 amide bonds. The van der Waals surface area contributed by atoms with Gasteiger partial charge in [0.25, 0.3) is 0 Å². The third-order valence-corrected chi connectivity index (χ3v) is 2.65. The molecule has 20 heavy (non-hydrogen) atoms. The van der Waals surface area contributed by atoms with E-state index in [0.717, 1.165) is 11.1 Å². The maximum absolute atomic E-state index is 12.1. The third-order valence-electron chi connectivity index (χ3n) is 2.65. The van der Waals surface area contributed by atoms with Crippen molar-refractivity contribution < 1.29 is 18.3 Å². The molecule has 0 aliphatic carbocycles. The number of alkyl halides is 3. The molecule has 5 heteroatoms. The van der Waals surface area contributed by atoms with Crippen molar-refractivity contribution in [1.29, 1.82) is 0 Å². The smallest absolute Gasteiger partial charge is 0.390 e. The number of halogens is 3. The van der Waals surface area contributed by atoms with Crippen LogP contribution in [0.15, 0.2) is 24.3 Å². The molecule has 0 bridgehead atoms. The minimum atomic E-state index is -4.11. The SMILES string of the molecule is CN(CCC(F)(F)F)Cc1ccc(C#CCCO)cc1. The van der Waals surface area contributed by atoms with Crippen LogP contribution in [-0.4, -0.2) is 36.4 Å². The molecule has 0 aromatic heterocycles. The Kier molecular flexibility index (Phi) is 6.56. The van der Waals surface area contributed by atoms with Gasteiger partial charge in [0.05, 0.1) is 13.0 Å². The van der Waals surface area contributed by atoms with Crippen LogP contribution in [0.3, 0.4) is 0 Å². The molecule has 0 atom stereocenters. The van der Waals surface area contributed by atoms with E-state index >= 15 is 0 Å². The van der Waals surface area contributed by atoms with Crippen molar-refractivity contribution >= 4 is 0 Å². The minimum Gasteiger partial charge on any atom is -0.395 e. The van der Waals surface area contributed by atoms with E-state index in [9.17, 15) is 13.2 Å². The summed E-state index contributed by atoms with van der Waals surface area (Å²) >= 11 is 0. The number of nitrogens with zero attached hydrogens (tertiary/aromatic N) is 1. The van der Waals surface area contributed by atoms with Crippen LogP contribution in [0, 0.1) is 11.8 Å². The lowest BCUT2D eigenvalue weighted by molar-refractivity contribution is -0.137. The summed E-state index contributed by atoms with van der Waals surface area (Å²) in [5.74, 6) is 5.71. The molecule has 0 saturated carbocycles. The van der Waals surface area contributed by atoms with Gasteiger partial charge in [-0.2, -0.15) is 13.2 Å². The second-order valence-electron chi connectivity index (χ2n) is 4.58. The number of hydrogen-bond acceptors (Lipinski definition) is 2. The maximum atomic E-state index is 12.1. The molecule has 0 spiro atoms. The molecule has 0 heterocycles. The van der Waals surface area contributed by atoms with E-state index < -0.39 is 12.6 Å². The van der Waals surface area contributed by atoms with Crippen LogP contribution in [0.2, 0.25) is 0 Å². The standard InChI is InChI=1S/C15H18F3NO/c1-19(10-9-15(16,17)18)12-14-7-5-13(6-8-14)4-2-3-11-20/h5-8,20H,3,9-12H2,1H3. The molecule has 1 N–H and O–H groups in total. The largest absolute Gasteiger partial charge is 0.395 e. The third kappa shape index (κ3) is 7.17. The summed E-state index contributed by atoms with van der Waals surface area (Å²) in [5, 5.41) is 8.61. The quantitative estimate of drug-likeness (QED) is 0.841. The minimum absolute atomic E-state index is 0.0123. The van der Waals surface area contributed by atoms with Gasteiger partial charge in [0, 0.05) is 25.1 Å². The van der Waals surface area contributed by atoms with Gasteiger partial charge in [-0.15, -0.1) is 0 Å². The molecule has 110 valence electrons. The topological polar surface area (TPSA) is 23.5 Å².